The Kier molecular flexibility index (Phi) is 4.99. The maximum absolute atomic E-state index is 12.9. The minimum Gasteiger partial charge on any atom is -0.306 e. The van der Waals surface area contributed by atoms with Crippen LogP contribution in [0, 0.1) is 5.82 Å². The number of nitrogens with zero attached hydrogens (tertiary/aromatic N) is 3. The highest BCUT2D eigenvalue weighted by molar-refractivity contribution is 9.10. The molecular weight excluding hydrogens is 423 g/mol. The second kappa shape index (κ2) is 7.74. The van der Waals surface area contributed by atoms with E-state index in [1.807, 2.05) is 30.5 Å². The molecule has 0 unspecified atom stereocenters. The van der Waals surface area contributed by atoms with E-state index in [0.717, 1.165) is 21.4 Å². The number of rotatable bonds is 4. The van der Waals surface area contributed by atoms with Gasteiger partial charge in [0, 0.05) is 22.4 Å². The molecule has 0 bridgehead atoms. The molecule has 0 aliphatic heterocycles. The smallest absolute Gasteiger partial charge is 0.272 e. The molecule has 4 rings (SSSR count). The third kappa shape index (κ3) is 3.99. The number of hydrazone groups is 1. The van der Waals surface area contributed by atoms with Gasteiger partial charge >= 0.3 is 0 Å². The first-order valence-electron chi connectivity index (χ1n) is 8.42. The topological polar surface area (TPSA) is 58.8 Å². The van der Waals surface area contributed by atoms with Crippen LogP contribution in [0.3, 0.4) is 0 Å². The molecule has 2 heterocycles. The largest absolute Gasteiger partial charge is 0.306 e. The molecule has 28 heavy (non-hydrogen) atoms. The molecule has 0 saturated carbocycles. The van der Waals surface area contributed by atoms with Gasteiger partial charge in [0.1, 0.15) is 11.5 Å². The number of pyridine rings is 1. The Balaban J connectivity index is 1.51. The van der Waals surface area contributed by atoms with Crippen molar-refractivity contribution in [3.05, 3.63) is 94.5 Å². The maximum atomic E-state index is 12.9. The van der Waals surface area contributed by atoms with E-state index in [4.69, 9.17) is 0 Å². The van der Waals surface area contributed by atoms with Crippen LogP contribution in [0.1, 0.15) is 15.9 Å². The van der Waals surface area contributed by atoms with Crippen molar-refractivity contribution in [2.45, 2.75) is 0 Å². The zero-order valence-corrected chi connectivity index (χ0v) is 16.1. The van der Waals surface area contributed by atoms with Crippen LogP contribution in [0.4, 0.5) is 4.39 Å². The fourth-order valence-electron chi connectivity index (χ4n) is 2.66. The van der Waals surface area contributed by atoms with E-state index in [0.29, 0.717) is 11.1 Å². The van der Waals surface area contributed by atoms with Crippen molar-refractivity contribution in [2.24, 2.45) is 5.10 Å². The van der Waals surface area contributed by atoms with E-state index in [2.05, 4.69) is 31.4 Å². The summed E-state index contributed by atoms with van der Waals surface area (Å²) in [5.74, 6) is -0.670. The number of carbonyl (C=O) groups excluding carboxylic acids is 1. The maximum Gasteiger partial charge on any atom is 0.272 e. The number of aromatic nitrogens is 2. The summed E-state index contributed by atoms with van der Waals surface area (Å²) in [5, 5.41) is 3.91. The molecule has 0 spiro atoms. The minimum absolute atomic E-state index is 0.322. The zero-order chi connectivity index (χ0) is 19.5. The lowest BCUT2D eigenvalue weighted by Crippen LogP contribution is -2.18. The molecule has 2 aromatic heterocycles. The van der Waals surface area contributed by atoms with Gasteiger partial charge < -0.3 is 4.40 Å². The van der Waals surface area contributed by atoms with Gasteiger partial charge in [0.25, 0.3) is 5.91 Å². The van der Waals surface area contributed by atoms with Gasteiger partial charge in [0.15, 0.2) is 0 Å². The van der Waals surface area contributed by atoms with Crippen LogP contribution in [0.15, 0.2) is 82.6 Å². The number of hydrogen-bond acceptors (Lipinski definition) is 3. The summed E-state index contributed by atoms with van der Waals surface area (Å²) in [6, 6.07) is 17.1. The fourth-order valence-corrected chi connectivity index (χ4v) is 2.93. The van der Waals surface area contributed by atoms with Gasteiger partial charge in [-0.3, -0.25) is 4.79 Å². The molecule has 0 atom stereocenters. The highest BCUT2D eigenvalue weighted by atomic mass is 79.9. The van der Waals surface area contributed by atoms with Gasteiger partial charge in [-0.15, -0.1) is 0 Å². The predicted molar refractivity (Wildman–Crippen MR) is 110 cm³/mol. The van der Waals surface area contributed by atoms with Crippen LogP contribution in [0.5, 0.6) is 0 Å². The second-order valence-electron chi connectivity index (χ2n) is 6.07. The third-order valence-corrected chi connectivity index (χ3v) is 4.63. The van der Waals surface area contributed by atoms with E-state index < -0.39 is 0 Å². The van der Waals surface area contributed by atoms with Crippen molar-refractivity contribution in [2.75, 3.05) is 0 Å². The molecule has 2 aromatic carbocycles. The van der Waals surface area contributed by atoms with E-state index in [9.17, 15) is 9.18 Å². The molecule has 0 radical (unpaired) electrons. The first-order valence-corrected chi connectivity index (χ1v) is 9.21. The summed E-state index contributed by atoms with van der Waals surface area (Å²) in [7, 11) is 0. The lowest BCUT2D eigenvalue weighted by Gasteiger charge is -2.01. The third-order valence-electron chi connectivity index (χ3n) is 4.10. The monoisotopic (exact) mass is 436 g/mol. The average molecular weight is 437 g/mol. The summed E-state index contributed by atoms with van der Waals surface area (Å²) in [6.07, 6.45) is 5.03. The van der Waals surface area contributed by atoms with Crippen LogP contribution in [-0.2, 0) is 0 Å². The molecule has 0 aliphatic carbocycles. The van der Waals surface area contributed by atoms with Crippen LogP contribution >= 0.6 is 15.9 Å². The highest BCUT2D eigenvalue weighted by Crippen LogP contribution is 2.21. The number of halogens is 2. The fraction of sp³-hybridized carbons (Fsp3) is 0. The normalized spacial score (nSPS) is 11.2. The van der Waals surface area contributed by atoms with Gasteiger partial charge in [-0.25, -0.2) is 14.8 Å². The number of carbonyl (C=O) groups is 1. The quantitative estimate of drug-likeness (QED) is 0.373. The minimum atomic E-state index is -0.348. The Morgan fingerprint density at radius 3 is 2.54 bits per heavy atom. The van der Waals surface area contributed by atoms with Crippen LogP contribution in [0.2, 0.25) is 0 Å². The average Bonchev–Trinajstić information content (AvgIpc) is 3.13. The molecule has 0 saturated heterocycles. The molecular formula is C21H14BrFN4O. The van der Waals surface area contributed by atoms with E-state index >= 15 is 0 Å². The molecule has 7 heteroatoms. The van der Waals surface area contributed by atoms with Gasteiger partial charge in [0.2, 0.25) is 0 Å². The Morgan fingerprint density at radius 1 is 1.04 bits per heavy atom. The van der Waals surface area contributed by atoms with E-state index in [1.165, 1.54) is 18.3 Å². The lowest BCUT2D eigenvalue weighted by molar-refractivity contribution is 0.0954. The predicted octanol–water partition coefficient (Wildman–Crippen LogP) is 4.67. The number of benzene rings is 2. The lowest BCUT2D eigenvalue weighted by atomic mass is 10.2. The highest BCUT2D eigenvalue weighted by Gasteiger charge is 2.09. The standard InChI is InChI=1S/C21H14BrFN4O/c22-17-6-3-15(4-7-17)19-13-27-12-16(5-10-20(27)25-19)21(28)26-24-11-14-1-8-18(23)9-2-14/h1-13H,(H,26,28)/b24-11-. The number of hydrogen-bond donors (Lipinski definition) is 1. The summed E-state index contributed by atoms with van der Waals surface area (Å²) in [5.41, 5.74) is 6.15. The summed E-state index contributed by atoms with van der Waals surface area (Å²) < 4.78 is 15.7. The molecule has 1 N–H and O–H groups in total. The van der Waals surface area contributed by atoms with Gasteiger partial charge in [0.05, 0.1) is 17.5 Å². The van der Waals surface area contributed by atoms with Gasteiger partial charge in [-0.2, -0.15) is 5.10 Å². The van der Waals surface area contributed by atoms with E-state index in [1.54, 1.807) is 34.9 Å². The summed E-state index contributed by atoms with van der Waals surface area (Å²) in [6.45, 7) is 0. The molecule has 1 amide bonds. The Bertz CT molecular complexity index is 1170. The first-order chi connectivity index (χ1) is 13.6. The van der Waals surface area contributed by atoms with Gasteiger partial charge in [-0.1, -0.05) is 40.2 Å². The molecule has 0 fully saturated rings. The van der Waals surface area contributed by atoms with Crippen molar-refractivity contribution in [1.29, 1.82) is 0 Å². The van der Waals surface area contributed by atoms with Crippen molar-refractivity contribution < 1.29 is 9.18 Å². The molecule has 138 valence electrons. The van der Waals surface area contributed by atoms with Crippen LogP contribution in [0.25, 0.3) is 16.9 Å². The Hall–Kier alpha value is -3.32. The van der Waals surface area contributed by atoms with Gasteiger partial charge in [-0.05, 0) is 42.0 Å². The molecule has 0 aliphatic rings. The van der Waals surface area contributed by atoms with Crippen molar-refractivity contribution in [3.63, 3.8) is 0 Å². The summed E-state index contributed by atoms with van der Waals surface area (Å²) >= 11 is 3.42. The SMILES string of the molecule is O=C(N/N=C\c1ccc(F)cc1)c1ccc2nc(-c3ccc(Br)cc3)cn2c1. The first kappa shape index (κ1) is 18.1. The molecule has 4 aromatic rings. The Morgan fingerprint density at radius 2 is 1.79 bits per heavy atom. The molecule has 5 nitrogen and oxygen atoms in total. The zero-order valence-electron chi connectivity index (χ0n) is 14.5. The van der Waals surface area contributed by atoms with Crippen LogP contribution in [-0.4, -0.2) is 21.5 Å². The number of nitrogens with one attached hydrogen (secondary N) is 1. The number of imidazole rings is 1. The number of amides is 1. The van der Waals surface area contributed by atoms with Crippen LogP contribution < -0.4 is 5.43 Å². The second-order valence-corrected chi connectivity index (χ2v) is 6.98. The number of fused-ring (bicyclic) bond motifs is 1. The Labute approximate surface area is 168 Å². The van der Waals surface area contributed by atoms with E-state index in [-0.39, 0.29) is 11.7 Å². The van der Waals surface area contributed by atoms with Crippen molar-refractivity contribution in [1.82, 2.24) is 14.8 Å². The van der Waals surface area contributed by atoms with Crippen molar-refractivity contribution in [3.8, 4) is 11.3 Å². The summed E-state index contributed by atoms with van der Waals surface area (Å²) in [4.78, 5) is 16.9. The van der Waals surface area contributed by atoms with Crippen molar-refractivity contribution >= 4 is 33.7 Å².